The Bertz CT molecular complexity index is 689. The maximum absolute atomic E-state index is 13.5. The SMILES string of the molecule is OCC(O)C(O)OCCC(F)(F)C(F)(F)C(F)(F)C(F)(F)C(F)(F)C(F)(F)C(F)(F)C(F)(F)F. The predicted octanol–water partition coefficient (Wildman–Crippen LogP) is 4.07. The van der Waals surface area contributed by atoms with Crippen molar-refractivity contribution in [3.8, 4) is 0 Å². The Hall–Kier alpha value is -1.35. The van der Waals surface area contributed by atoms with E-state index in [9.17, 15) is 74.6 Å². The maximum atomic E-state index is 13.5. The molecule has 34 heavy (non-hydrogen) atoms. The Morgan fingerprint density at radius 2 is 0.853 bits per heavy atom. The van der Waals surface area contributed by atoms with Gasteiger partial charge in [0.1, 0.15) is 6.10 Å². The monoisotopic (exact) mass is 554 g/mol. The van der Waals surface area contributed by atoms with E-state index in [-0.39, 0.29) is 0 Å². The zero-order valence-corrected chi connectivity index (χ0v) is 15.5. The highest BCUT2D eigenvalue weighted by Crippen LogP contribution is 2.64. The summed E-state index contributed by atoms with van der Waals surface area (Å²) in [5.41, 5.74) is 0. The minimum atomic E-state index is -8.71. The molecule has 0 aromatic rings. The molecule has 0 bridgehead atoms. The first kappa shape index (κ1) is 32.7. The van der Waals surface area contributed by atoms with Crippen LogP contribution in [0.15, 0.2) is 0 Å². The summed E-state index contributed by atoms with van der Waals surface area (Å²) in [6, 6.07) is 0. The van der Waals surface area contributed by atoms with Crippen LogP contribution < -0.4 is 0 Å². The van der Waals surface area contributed by atoms with Crippen molar-refractivity contribution in [2.45, 2.75) is 66.4 Å². The van der Waals surface area contributed by atoms with E-state index >= 15 is 0 Å². The average molecular weight is 554 g/mol. The third kappa shape index (κ3) is 4.84. The van der Waals surface area contributed by atoms with Gasteiger partial charge >= 0.3 is 47.6 Å². The quantitative estimate of drug-likeness (QED) is 0.252. The van der Waals surface area contributed by atoms with Crippen LogP contribution in [0.5, 0.6) is 0 Å². The minimum absolute atomic E-state index is 1.37. The summed E-state index contributed by atoms with van der Waals surface area (Å²) in [6.07, 6.45) is -15.8. The van der Waals surface area contributed by atoms with E-state index in [0.717, 1.165) is 0 Å². The Morgan fingerprint density at radius 1 is 0.529 bits per heavy atom. The van der Waals surface area contributed by atoms with Gasteiger partial charge in [-0.1, -0.05) is 0 Å². The second-order valence-corrected chi connectivity index (χ2v) is 6.41. The van der Waals surface area contributed by atoms with E-state index < -0.39 is 79.7 Å². The molecule has 0 aromatic carbocycles. The van der Waals surface area contributed by atoms with Crippen molar-refractivity contribution in [2.75, 3.05) is 13.2 Å². The van der Waals surface area contributed by atoms with E-state index in [2.05, 4.69) is 4.74 Å². The number of hydrogen-bond acceptors (Lipinski definition) is 4. The van der Waals surface area contributed by atoms with Gasteiger partial charge in [-0.2, -0.15) is 74.6 Å². The molecule has 21 heteroatoms. The maximum Gasteiger partial charge on any atom is 0.460 e. The van der Waals surface area contributed by atoms with Crippen LogP contribution in [0.2, 0.25) is 0 Å². The summed E-state index contributed by atoms with van der Waals surface area (Å²) in [4.78, 5) is 0. The first-order chi connectivity index (χ1) is 14.6. The normalized spacial score (nSPS) is 17.6. The van der Waals surface area contributed by atoms with Gasteiger partial charge in [0, 0.05) is 6.42 Å². The van der Waals surface area contributed by atoms with Crippen molar-refractivity contribution in [1.82, 2.24) is 0 Å². The molecule has 0 rings (SSSR count). The van der Waals surface area contributed by atoms with Gasteiger partial charge in [-0.05, 0) is 0 Å². The van der Waals surface area contributed by atoms with Gasteiger partial charge in [0.25, 0.3) is 0 Å². The molecule has 2 atom stereocenters. The summed E-state index contributed by atoms with van der Waals surface area (Å²) in [6.45, 7) is -3.47. The highest BCUT2D eigenvalue weighted by molar-refractivity contribution is 5.15. The van der Waals surface area contributed by atoms with Crippen LogP contribution in [0.3, 0.4) is 0 Å². The Labute approximate surface area is 175 Å². The predicted molar refractivity (Wildman–Crippen MR) is 70.4 cm³/mol. The second kappa shape index (κ2) is 9.26. The molecule has 2 unspecified atom stereocenters. The van der Waals surface area contributed by atoms with Crippen molar-refractivity contribution in [1.29, 1.82) is 0 Å². The van der Waals surface area contributed by atoms with Gasteiger partial charge in [-0.25, -0.2) is 0 Å². The van der Waals surface area contributed by atoms with E-state index in [4.69, 9.17) is 15.3 Å². The van der Waals surface area contributed by atoms with Crippen LogP contribution >= 0.6 is 0 Å². The summed E-state index contributed by atoms with van der Waals surface area (Å²) >= 11 is 0. The summed E-state index contributed by atoms with van der Waals surface area (Å²) < 4.78 is 225. The van der Waals surface area contributed by atoms with Crippen molar-refractivity contribution in [3.63, 3.8) is 0 Å². The van der Waals surface area contributed by atoms with E-state index in [1.54, 1.807) is 0 Å². The Morgan fingerprint density at radius 3 is 1.18 bits per heavy atom. The zero-order valence-electron chi connectivity index (χ0n) is 15.5. The topological polar surface area (TPSA) is 69.9 Å². The molecule has 0 amide bonds. The number of alkyl halides is 17. The Kier molecular flexibility index (Phi) is 8.90. The van der Waals surface area contributed by atoms with Crippen molar-refractivity contribution in [3.05, 3.63) is 0 Å². The molecule has 0 aliphatic rings. The van der Waals surface area contributed by atoms with Crippen LogP contribution in [0, 0.1) is 0 Å². The van der Waals surface area contributed by atoms with Crippen LogP contribution in [-0.2, 0) is 4.74 Å². The highest BCUT2D eigenvalue weighted by Gasteiger charge is 2.95. The fraction of sp³-hybridized carbons (Fsp3) is 1.00. The number of halogens is 17. The molecule has 0 aliphatic heterocycles. The minimum Gasteiger partial charge on any atom is -0.393 e. The van der Waals surface area contributed by atoms with E-state index in [0.29, 0.717) is 0 Å². The molecule has 3 N–H and O–H groups in total. The standard InChI is InChI=1S/C13H11F17O4/c14-6(15,1-2-34-5(33)4(32)3-31)7(16,17)8(18,19)9(20,21)10(22,23)11(24,25)12(26,27)13(28,29)30/h4-5,31-33H,1-3H2. The molecule has 206 valence electrons. The molecule has 0 heterocycles. The molecule has 0 radical (unpaired) electrons. The number of aliphatic hydroxyl groups is 3. The molecule has 0 fully saturated rings. The lowest BCUT2D eigenvalue weighted by Gasteiger charge is -2.42. The lowest BCUT2D eigenvalue weighted by Crippen LogP contribution is -2.74. The lowest BCUT2D eigenvalue weighted by atomic mass is 9.88. The summed E-state index contributed by atoms with van der Waals surface area (Å²) in [7, 11) is 0. The second-order valence-electron chi connectivity index (χ2n) is 6.41. The summed E-state index contributed by atoms with van der Waals surface area (Å²) in [5.74, 6) is -57.1. The first-order valence-electron chi connectivity index (χ1n) is 7.91. The summed E-state index contributed by atoms with van der Waals surface area (Å²) in [5, 5.41) is 26.0. The molecular weight excluding hydrogens is 543 g/mol. The van der Waals surface area contributed by atoms with Crippen LogP contribution in [0.25, 0.3) is 0 Å². The molecule has 0 aliphatic carbocycles. The molecule has 0 saturated heterocycles. The van der Waals surface area contributed by atoms with Crippen LogP contribution in [0.4, 0.5) is 74.6 Å². The number of hydrogen-bond donors (Lipinski definition) is 3. The number of rotatable bonds is 12. The Balaban J connectivity index is 6.25. The zero-order chi connectivity index (χ0) is 28.0. The fourth-order valence-electron chi connectivity index (χ4n) is 1.86. The average Bonchev–Trinajstić information content (AvgIpc) is 2.64. The van der Waals surface area contributed by atoms with Gasteiger partial charge in [0.2, 0.25) is 0 Å². The van der Waals surface area contributed by atoms with Crippen molar-refractivity contribution < 1.29 is 94.7 Å². The van der Waals surface area contributed by atoms with Crippen molar-refractivity contribution >= 4 is 0 Å². The van der Waals surface area contributed by atoms with Gasteiger partial charge in [0.05, 0.1) is 13.2 Å². The van der Waals surface area contributed by atoms with Gasteiger partial charge in [0.15, 0.2) is 6.29 Å². The largest absolute Gasteiger partial charge is 0.460 e. The number of ether oxygens (including phenoxy) is 1. The molecule has 0 aromatic heterocycles. The van der Waals surface area contributed by atoms with E-state index in [1.807, 2.05) is 0 Å². The van der Waals surface area contributed by atoms with Gasteiger partial charge in [-0.3, -0.25) is 0 Å². The molecule has 0 spiro atoms. The van der Waals surface area contributed by atoms with Gasteiger partial charge in [-0.15, -0.1) is 0 Å². The molecule has 0 saturated carbocycles. The van der Waals surface area contributed by atoms with Crippen molar-refractivity contribution in [2.24, 2.45) is 0 Å². The highest BCUT2D eigenvalue weighted by atomic mass is 19.4. The molecular formula is C13H11F17O4. The number of aliphatic hydroxyl groups excluding tert-OH is 3. The molecule has 4 nitrogen and oxygen atoms in total. The fourth-order valence-corrected chi connectivity index (χ4v) is 1.86. The third-order valence-electron chi connectivity index (χ3n) is 4.01. The third-order valence-corrected chi connectivity index (χ3v) is 4.01. The van der Waals surface area contributed by atoms with Gasteiger partial charge < -0.3 is 20.1 Å². The van der Waals surface area contributed by atoms with Crippen LogP contribution in [0.1, 0.15) is 6.42 Å². The first-order valence-corrected chi connectivity index (χ1v) is 7.91. The van der Waals surface area contributed by atoms with Crippen LogP contribution in [-0.4, -0.2) is 88.6 Å². The lowest BCUT2D eigenvalue weighted by molar-refractivity contribution is -0.462. The smallest absolute Gasteiger partial charge is 0.393 e. The van der Waals surface area contributed by atoms with E-state index in [1.165, 1.54) is 0 Å².